The Balaban J connectivity index is 2.72. The Labute approximate surface area is 134 Å². The summed E-state index contributed by atoms with van der Waals surface area (Å²) in [5, 5.41) is 6.17. The second kappa shape index (κ2) is 8.10. The first-order valence-corrected chi connectivity index (χ1v) is 7.35. The highest BCUT2D eigenvalue weighted by Gasteiger charge is 2.18. The second-order valence-corrected chi connectivity index (χ2v) is 5.61. The van der Waals surface area contributed by atoms with Gasteiger partial charge in [-0.3, -0.25) is 4.79 Å². The van der Waals surface area contributed by atoms with E-state index in [1.165, 1.54) is 11.8 Å². The summed E-state index contributed by atoms with van der Waals surface area (Å²) in [6.45, 7) is 5.73. The molecule has 0 aromatic heterocycles. The standard InChI is InChI=1S/C14H19Cl2N3O2/c1-9(2)18-14(21)17-7-8-19(10(3)20)13-11(15)5-4-6-12(13)16/h4-6,9H,7-8H2,1-3H3,(H2,17,18,21). The molecule has 0 aliphatic rings. The summed E-state index contributed by atoms with van der Waals surface area (Å²) in [4.78, 5) is 24.7. The molecule has 0 spiro atoms. The summed E-state index contributed by atoms with van der Waals surface area (Å²) < 4.78 is 0. The lowest BCUT2D eigenvalue weighted by atomic mass is 10.2. The van der Waals surface area contributed by atoms with E-state index in [1.54, 1.807) is 18.2 Å². The van der Waals surface area contributed by atoms with Gasteiger partial charge >= 0.3 is 6.03 Å². The number of benzene rings is 1. The first kappa shape index (κ1) is 17.6. The minimum absolute atomic E-state index is 0.0481. The molecule has 0 aliphatic carbocycles. The molecular weight excluding hydrogens is 313 g/mol. The number of carbonyl (C=O) groups excluding carboxylic acids is 2. The number of nitrogens with zero attached hydrogens (tertiary/aromatic N) is 1. The molecule has 0 heterocycles. The normalized spacial score (nSPS) is 10.4. The summed E-state index contributed by atoms with van der Waals surface area (Å²) in [6, 6.07) is 4.81. The van der Waals surface area contributed by atoms with Gasteiger partial charge in [0.25, 0.3) is 0 Å². The van der Waals surface area contributed by atoms with Crippen LogP contribution in [0.25, 0.3) is 0 Å². The fourth-order valence-electron chi connectivity index (χ4n) is 1.77. The minimum Gasteiger partial charge on any atom is -0.336 e. The Morgan fingerprint density at radius 2 is 1.81 bits per heavy atom. The molecule has 0 radical (unpaired) electrons. The number of para-hydroxylation sites is 1. The summed E-state index contributed by atoms with van der Waals surface area (Å²) in [7, 11) is 0. The van der Waals surface area contributed by atoms with E-state index in [0.717, 1.165) is 0 Å². The molecule has 116 valence electrons. The van der Waals surface area contributed by atoms with Crippen molar-refractivity contribution in [1.82, 2.24) is 10.6 Å². The monoisotopic (exact) mass is 331 g/mol. The third kappa shape index (κ3) is 5.44. The maximum absolute atomic E-state index is 11.8. The molecule has 0 fully saturated rings. The lowest BCUT2D eigenvalue weighted by Crippen LogP contribution is -2.43. The van der Waals surface area contributed by atoms with Crippen molar-refractivity contribution in [2.75, 3.05) is 18.0 Å². The van der Waals surface area contributed by atoms with Crippen LogP contribution in [-0.2, 0) is 4.79 Å². The van der Waals surface area contributed by atoms with E-state index < -0.39 is 0 Å². The van der Waals surface area contributed by atoms with Crippen LogP contribution >= 0.6 is 23.2 Å². The van der Waals surface area contributed by atoms with Crippen molar-refractivity contribution in [2.24, 2.45) is 0 Å². The number of hydrogen-bond donors (Lipinski definition) is 2. The molecule has 7 heteroatoms. The maximum Gasteiger partial charge on any atom is 0.315 e. The Morgan fingerprint density at radius 1 is 1.24 bits per heavy atom. The van der Waals surface area contributed by atoms with E-state index in [2.05, 4.69) is 10.6 Å². The lowest BCUT2D eigenvalue weighted by Gasteiger charge is -2.23. The fourth-order valence-corrected chi connectivity index (χ4v) is 2.37. The van der Waals surface area contributed by atoms with Gasteiger partial charge in [0.05, 0.1) is 15.7 Å². The number of amides is 3. The molecule has 0 saturated carbocycles. The Morgan fingerprint density at radius 3 is 2.29 bits per heavy atom. The molecule has 1 aromatic carbocycles. The van der Waals surface area contributed by atoms with Gasteiger partial charge in [-0.2, -0.15) is 0 Å². The van der Waals surface area contributed by atoms with Gasteiger partial charge in [-0.15, -0.1) is 0 Å². The van der Waals surface area contributed by atoms with Crippen LogP contribution in [-0.4, -0.2) is 31.1 Å². The summed E-state index contributed by atoms with van der Waals surface area (Å²) in [5.41, 5.74) is 0.458. The smallest absolute Gasteiger partial charge is 0.315 e. The van der Waals surface area contributed by atoms with Crippen molar-refractivity contribution < 1.29 is 9.59 Å². The average Bonchev–Trinajstić information content (AvgIpc) is 2.35. The molecular formula is C14H19Cl2N3O2. The number of halogens is 2. The van der Waals surface area contributed by atoms with Gasteiger partial charge in [0.15, 0.2) is 0 Å². The largest absolute Gasteiger partial charge is 0.336 e. The van der Waals surface area contributed by atoms with E-state index in [9.17, 15) is 9.59 Å². The molecule has 0 saturated heterocycles. The number of rotatable bonds is 5. The van der Waals surface area contributed by atoms with Crippen molar-refractivity contribution in [2.45, 2.75) is 26.8 Å². The van der Waals surface area contributed by atoms with Crippen LogP contribution in [0.2, 0.25) is 10.0 Å². The fraction of sp³-hybridized carbons (Fsp3) is 0.429. The molecule has 1 aromatic rings. The summed E-state index contributed by atoms with van der Waals surface area (Å²) in [5.74, 6) is -0.198. The molecule has 1 rings (SSSR count). The molecule has 3 amide bonds. The van der Waals surface area contributed by atoms with E-state index in [1.807, 2.05) is 13.8 Å². The molecule has 0 atom stereocenters. The number of anilines is 1. The van der Waals surface area contributed by atoms with E-state index in [4.69, 9.17) is 23.2 Å². The van der Waals surface area contributed by atoms with E-state index in [0.29, 0.717) is 22.3 Å². The van der Waals surface area contributed by atoms with E-state index in [-0.39, 0.29) is 24.5 Å². The van der Waals surface area contributed by atoms with Gasteiger partial charge in [-0.1, -0.05) is 29.3 Å². The number of hydrogen-bond acceptors (Lipinski definition) is 2. The topological polar surface area (TPSA) is 61.4 Å². The highest BCUT2D eigenvalue weighted by Crippen LogP contribution is 2.33. The predicted molar refractivity (Wildman–Crippen MR) is 86.2 cm³/mol. The molecule has 0 bridgehead atoms. The van der Waals surface area contributed by atoms with Gasteiger partial charge in [0, 0.05) is 26.1 Å². The Hall–Kier alpha value is -1.46. The first-order chi connectivity index (χ1) is 9.82. The summed E-state index contributed by atoms with van der Waals surface area (Å²) >= 11 is 12.2. The van der Waals surface area contributed by atoms with Crippen LogP contribution in [0.5, 0.6) is 0 Å². The summed E-state index contributed by atoms with van der Waals surface area (Å²) in [6.07, 6.45) is 0. The predicted octanol–water partition coefficient (Wildman–Crippen LogP) is 3.05. The van der Waals surface area contributed by atoms with Gasteiger partial charge in [0.2, 0.25) is 5.91 Å². The number of nitrogens with one attached hydrogen (secondary N) is 2. The zero-order chi connectivity index (χ0) is 16.0. The van der Waals surface area contributed by atoms with Crippen molar-refractivity contribution >= 4 is 40.8 Å². The third-order valence-corrected chi connectivity index (χ3v) is 3.24. The number of carbonyl (C=O) groups is 2. The average molecular weight is 332 g/mol. The van der Waals surface area contributed by atoms with Gasteiger partial charge in [-0.25, -0.2) is 4.79 Å². The van der Waals surface area contributed by atoms with Crippen LogP contribution < -0.4 is 15.5 Å². The van der Waals surface area contributed by atoms with Gasteiger partial charge < -0.3 is 15.5 Å². The van der Waals surface area contributed by atoms with Crippen LogP contribution in [0.15, 0.2) is 18.2 Å². The van der Waals surface area contributed by atoms with Crippen LogP contribution in [0.1, 0.15) is 20.8 Å². The zero-order valence-electron chi connectivity index (χ0n) is 12.2. The second-order valence-electron chi connectivity index (χ2n) is 4.80. The maximum atomic E-state index is 11.8. The highest BCUT2D eigenvalue weighted by molar-refractivity contribution is 6.39. The van der Waals surface area contributed by atoms with Crippen molar-refractivity contribution in [3.8, 4) is 0 Å². The minimum atomic E-state index is -0.279. The molecule has 2 N–H and O–H groups in total. The zero-order valence-corrected chi connectivity index (χ0v) is 13.8. The lowest BCUT2D eigenvalue weighted by molar-refractivity contribution is -0.116. The molecule has 0 unspecified atom stereocenters. The van der Waals surface area contributed by atoms with E-state index >= 15 is 0 Å². The quantitative estimate of drug-likeness (QED) is 0.871. The Bertz CT molecular complexity index is 501. The van der Waals surface area contributed by atoms with Crippen LogP contribution in [0.4, 0.5) is 10.5 Å². The van der Waals surface area contributed by atoms with Crippen LogP contribution in [0, 0.1) is 0 Å². The van der Waals surface area contributed by atoms with Crippen molar-refractivity contribution in [3.63, 3.8) is 0 Å². The highest BCUT2D eigenvalue weighted by atomic mass is 35.5. The SMILES string of the molecule is CC(=O)N(CCNC(=O)NC(C)C)c1c(Cl)cccc1Cl. The molecule has 21 heavy (non-hydrogen) atoms. The third-order valence-electron chi connectivity index (χ3n) is 2.63. The Kier molecular flexibility index (Phi) is 6.78. The molecule has 5 nitrogen and oxygen atoms in total. The first-order valence-electron chi connectivity index (χ1n) is 6.59. The van der Waals surface area contributed by atoms with Crippen LogP contribution in [0.3, 0.4) is 0 Å². The van der Waals surface area contributed by atoms with Gasteiger partial charge in [-0.05, 0) is 26.0 Å². The van der Waals surface area contributed by atoms with Gasteiger partial charge in [0.1, 0.15) is 0 Å². The molecule has 0 aliphatic heterocycles. The number of urea groups is 1. The van der Waals surface area contributed by atoms with Crippen molar-refractivity contribution in [3.05, 3.63) is 28.2 Å². The van der Waals surface area contributed by atoms with Crippen molar-refractivity contribution in [1.29, 1.82) is 0 Å².